The van der Waals surface area contributed by atoms with Crippen molar-refractivity contribution in [3.05, 3.63) is 70.1 Å². The van der Waals surface area contributed by atoms with Crippen molar-refractivity contribution >= 4 is 22.5 Å². The maximum absolute atomic E-state index is 12.9. The van der Waals surface area contributed by atoms with Crippen LogP contribution in [0.1, 0.15) is 43.0 Å². The van der Waals surface area contributed by atoms with Crippen molar-refractivity contribution < 1.29 is 4.79 Å². The van der Waals surface area contributed by atoms with Gasteiger partial charge in [0.05, 0.1) is 23.7 Å². The predicted octanol–water partition coefficient (Wildman–Crippen LogP) is 4.14. The monoisotopic (exact) mass is 376 g/mol. The lowest BCUT2D eigenvalue weighted by Crippen LogP contribution is -2.32. The summed E-state index contributed by atoms with van der Waals surface area (Å²) in [6.45, 7) is 2.26. The summed E-state index contributed by atoms with van der Waals surface area (Å²) in [6.07, 6.45) is 4.20. The van der Waals surface area contributed by atoms with Gasteiger partial charge >= 0.3 is 6.03 Å². The summed E-state index contributed by atoms with van der Waals surface area (Å²) in [4.78, 5) is 25.2. The largest absolute Gasteiger partial charge is 0.332 e. The highest BCUT2D eigenvalue weighted by molar-refractivity contribution is 5.90. The molecule has 0 bridgehead atoms. The van der Waals surface area contributed by atoms with Crippen LogP contribution in [0.4, 0.5) is 10.5 Å². The van der Waals surface area contributed by atoms with Gasteiger partial charge in [-0.3, -0.25) is 4.79 Å². The number of urea groups is 1. The molecule has 1 aromatic heterocycles. The highest BCUT2D eigenvalue weighted by Gasteiger charge is 2.21. The molecule has 3 aromatic rings. The van der Waals surface area contributed by atoms with Crippen molar-refractivity contribution in [1.29, 1.82) is 0 Å². The molecular formula is C22H24N4O2. The molecule has 1 aliphatic carbocycles. The zero-order valence-corrected chi connectivity index (χ0v) is 15.9. The molecule has 2 aromatic carbocycles. The Hall–Kier alpha value is -3.15. The van der Waals surface area contributed by atoms with Gasteiger partial charge < -0.3 is 10.6 Å². The highest BCUT2D eigenvalue weighted by atomic mass is 16.2. The number of carbonyl (C=O) groups is 1. The number of aryl methyl sites for hydroxylation is 1. The van der Waals surface area contributed by atoms with E-state index in [0.29, 0.717) is 11.1 Å². The van der Waals surface area contributed by atoms with Crippen LogP contribution in [0.5, 0.6) is 0 Å². The molecule has 4 rings (SSSR count). The lowest BCUT2D eigenvalue weighted by molar-refractivity contribution is 0.251. The zero-order valence-electron chi connectivity index (χ0n) is 15.9. The minimum Gasteiger partial charge on any atom is -0.332 e. The van der Waals surface area contributed by atoms with E-state index in [1.54, 1.807) is 4.68 Å². The summed E-state index contributed by atoms with van der Waals surface area (Å²) >= 11 is 0. The molecule has 0 unspecified atom stereocenters. The van der Waals surface area contributed by atoms with E-state index < -0.39 is 0 Å². The SMILES string of the molecule is Cc1ccc(NC(=O)NCc2nn(C3CCCC3)c(=O)c3ccccc23)cc1. The van der Waals surface area contributed by atoms with Crippen LogP contribution in [0.15, 0.2) is 53.3 Å². The Balaban J connectivity index is 1.57. The number of hydrogen-bond donors (Lipinski definition) is 2. The highest BCUT2D eigenvalue weighted by Crippen LogP contribution is 2.28. The molecule has 0 spiro atoms. The maximum atomic E-state index is 12.9. The second kappa shape index (κ2) is 7.84. The first-order valence-corrected chi connectivity index (χ1v) is 9.74. The number of anilines is 1. The number of benzene rings is 2. The zero-order chi connectivity index (χ0) is 19.5. The summed E-state index contributed by atoms with van der Waals surface area (Å²) in [5.41, 5.74) is 2.53. The van der Waals surface area contributed by atoms with Gasteiger partial charge in [-0.15, -0.1) is 0 Å². The lowest BCUT2D eigenvalue weighted by atomic mass is 10.1. The Morgan fingerprint density at radius 2 is 1.75 bits per heavy atom. The molecule has 0 radical (unpaired) electrons. The molecule has 1 heterocycles. The Kier molecular flexibility index (Phi) is 5.10. The summed E-state index contributed by atoms with van der Waals surface area (Å²) in [6, 6.07) is 14.9. The van der Waals surface area contributed by atoms with Gasteiger partial charge in [-0.05, 0) is 38.0 Å². The smallest absolute Gasteiger partial charge is 0.319 e. The number of carbonyl (C=O) groups excluding carboxylic acids is 1. The standard InChI is InChI=1S/C22H24N4O2/c1-15-10-12-16(13-11-15)24-22(28)23-14-20-18-8-4-5-9-19(18)21(27)26(25-20)17-6-2-3-7-17/h4-5,8-13,17H,2-3,6-7,14H2,1H3,(H2,23,24,28). The van der Waals surface area contributed by atoms with Crippen molar-refractivity contribution in [1.82, 2.24) is 15.1 Å². The third-order valence-electron chi connectivity index (χ3n) is 5.30. The molecule has 28 heavy (non-hydrogen) atoms. The molecule has 0 aliphatic heterocycles. The second-order valence-corrected chi connectivity index (χ2v) is 7.35. The Bertz CT molecular complexity index is 1050. The number of fused-ring (bicyclic) bond motifs is 1. The second-order valence-electron chi connectivity index (χ2n) is 7.35. The van der Waals surface area contributed by atoms with Crippen LogP contribution in [-0.2, 0) is 6.54 Å². The van der Waals surface area contributed by atoms with Gasteiger partial charge in [-0.25, -0.2) is 9.48 Å². The van der Waals surface area contributed by atoms with E-state index in [0.717, 1.165) is 42.3 Å². The average molecular weight is 376 g/mol. The van der Waals surface area contributed by atoms with Gasteiger partial charge in [0.25, 0.3) is 5.56 Å². The van der Waals surface area contributed by atoms with Gasteiger partial charge in [-0.1, -0.05) is 48.7 Å². The molecule has 2 amide bonds. The van der Waals surface area contributed by atoms with Gasteiger partial charge in [0.15, 0.2) is 0 Å². The van der Waals surface area contributed by atoms with Crippen LogP contribution < -0.4 is 16.2 Å². The molecule has 6 nitrogen and oxygen atoms in total. The number of amides is 2. The van der Waals surface area contributed by atoms with E-state index in [2.05, 4.69) is 15.7 Å². The van der Waals surface area contributed by atoms with E-state index in [1.807, 2.05) is 55.5 Å². The topological polar surface area (TPSA) is 76.0 Å². The van der Waals surface area contributed by atoms with E-state index >= 15 is 0 Å². The van der Waals surface area contributed by atoms with Crippen LogP contribution in [0.3, 0.4) is 0 Å². The summed E-state index contributed by atoms with van der Waals surface area (Å²) in [7, 11) is 0. The normalized spacial score (nSPS) is 14.3. The van der Waals surface area contributed by atoms with Gasteiger partial charge in [0.1, 0.15) is 0 Å². The van der Waals surface area contributed by atoms with Crippen LogP contribution in [0.25, 0.3) is 10.8 Å². The van der Waals surface area contributed by atoms with Crippen molar-refractivity contribution in [2.45, 2.75) is 45.2 Å². The molecule has 1 saturated carbocycles. The predicted molar refractivity (Wildman–Crippen MR) is 111 cm³/mol. The minimum atomic E-state index is -0.298. The molecule has 6 heteroatoms. The fourth-order valence-corrected chi connectivity index (χ4v) is 3.78. The third-order valence-corrected chi connectivity index (χ3v) is 5.30. The Morgan fingerprint density at radius 3 is 2.46 bits per heavy atom. The molecule has 1 aliphatic rings. The van der Waals surface area contributed by atoms with E-state index in [4.69, 9.17) is 0 Å². The first kappa shape index (κ1) is 18.2. The number of hydrogen-bond acceptors (Lipinski definition) is 3. The van der Waals surface area contributed by atoms with Crippen molar-refractivity contribution in [2.24, 2.45) is 0 Å². The van der Waals surface area contributed by atoms with Crippen molar-refractivity contribution in [3.8, 4) is 0 Å². The summed E-state index contributed by atoms with van der Waals surface area (Å²) in [5, 5.41) is 11.8. The Morgan fingerprint density at radius 1 is 1.07 bits per heavy atom. The molecule has 0 atom stereocenters. The summed E-state index contributed by atoms with van der Waals surface area (Å²) < 4.78 is 1.63. The average Bonchev–Trinajstić information content (AvgIpc) is 3.24. The van der Waals surface area contributed by atoms with E-state index in [-0.39, 0.29) is 24.2 Å². The first-order valence-electron chi connectivity index (χ1n) is 9.74. The van der Waals surface area contributed by atoms with Crippen LogP contribution in [-0.4, -0.2) is 15.8 Å². The first-order chi connectivity index (χ1) is 13.6. The Labute approximate surface area is 163 Å². The quantitative estimate of drug-likeness (QED) is 0.718. The number of nitrogens with zero attached hydrogens (tertiary/aromatic N) is 2. The van der Waals surface area contributed by atoms with Crippen molar-refractivity contribution in [2.75, 3.05) is 5.32 Å². The number of nitrogens with one attached hydrogen (secondary N) is 2. The fraction of sp³-hybridized carbons (Fsp3) is 0.318. The van der Waals surface area contributed by atoms with Gasteiger partial charge in [0, 0.05) is 11.1 Å². The molecule has 2 N–H and O–H groups in total. The molecule has 1 fully saturated rings. The summed E-state index contributed by atoms with van der Waals surface area (Å²) in [5.74, 6) is 0. The molecule has 144 valence electrons. The van der Waals surface area contributed by atoms with Gasteiger partial charge in [0.2, 0.25) is 0 Å². The fourth-order valence-electron chi connectivity index (χ4n) is 3.78. The molecule has 0 saturated heterocycles. The minimum absolute atomic E-state index is 0.0460. The maximum Gasteiger partial charge on any atom is 0.319 e. The van der Waals surface area contributed by atoms with Crippen LogP contribution in [0, 0.1) is 6.92 Å². The molecular weight excluding hydrogens is 352 g/mol. The van der Waals surface area contributed by atoms with Crippen molar-refractivity contribution in [3.63, 3.8) is 0 Å². The van der Waals surface area contributed by atoms with Crippen LogP contribution in [0.2, 0.25) is 0 Å². The van der Waals surface area contributed by atoms with E-state index in [9.17, 15) is 9.59 Å². The number of aromatic nitrogens is 2. The third kappa shape index (κ3) is 3.76. The van der Waals surface area contributed by atoms with Crippen LogP contribution >= 0.6 is 0 Å². The number of rotatable bonds is 4. The van der Waals surface area contributed by atoms with Gasteiger partial charge in [-0.2, -0.15) is 5.10 Å². The lowest BCUT2D eigenvalue weighted by Gasteiger charge is -2.16. The van der Waals surface area contributed by atoms with E-state index in [1.165, 1.54) is 0 Å².